The van der Waals surface area contributed by atoms with Crippen LogP contribution >= 0.6 is 0 Å². The first-order chi connectivity index (χ1) is 14.2. The maximum atomic E-state index is 12.1. The number of esters is 1. The van der Waals surface area contributed by atoms with E-state index in [0.29, 0.717) is 18.1 Å². The van der Waals surface area contributed by atoms with Crippen LogP contribution in [-0.4, -0.2) is 23.5 Å². The first-order valence-electron chi connectivity index (χ1n) is 11.2. The topological polar surface area (TPSA) is 29.5 Å². The van der Waals surface area contributed by atoms with Crippen molar-refractivity contribution >= 4 is 5.97 Å². The normalized spacial score (nSPS) is 26.3. The van der Waals surface area contributed by atoms with E-state index < -0.39 is 0 Å². The molecule has 0 radical (unpaired) electrons. The Kier molecular flexibility index (Phi) is 6.34. The van der Waals surface area contributed by atoms with E-state index in [4.69, 9.17) is 4.74 Å². The highest BCUT2D eigenvalue weighted by Crippen LogP contribution is 2.54. The molecule has 29 heavy (non-hydrogen) atoms. The third-order valence-electron chi connectivity index (χ3n) is 6.98. The standard InChI is InChI=1S/C26H33NO2/c1-2-29-25(28)23-13-15-26(16-14-23)17-24(18-26)27(19-21-9-5-3-6-10-21)20-22-11-7-4-8-12-22/h3-12,23-24H,2,13-20H2,1H3. The Labute approximate surface area is 175 Å². The minimum absolute atomic E-state index is 0.0213. The second kappa shape index (κ2) is 9.13. The lowest BCUT2D eigenvalue weighted by molar-refractivity contribution is -0.151. The molecule has 0 unspecified atom stereocenters. The molecular formula is C26H33NO2. The molecule has 0 aromatic heterocycles. The number of carbonyl (C=O) groups is 1. The van der Waals surface area contributed by atoms with E-state index in [1.54, 1.807) is 0 Å². The first-order valence-corrected chi connectivity index (χ1v) is 11.2. The van der Waals surface area contributed by atoms with Gasteiger partial charge >= 0.3 is 5.97 Å². The van der Waals surface area contributed by atoms with Gasteiger partial charge in [0.2, 0.25) is 0 Å². The van der Waals surface area contributed by atoms with Crippen LogP contribution in [0.2, 0.25) is 0 Å². The van der Waals surface area contributed by atoms with Gasteiger partial charge in [0.1, 0.15) is 0 Å². The lowest BCUT2D eigenvalue weighted by Gasteiger charge is -2.54. The Bertz CT molecular complexity index is 731. The molecule has 0 saturated heterocycles. The summed E-state index contributed by atoms with van der Waals surface area (Å²) >= 11 is 0. The monoisotopic (exact) mass is 391 g/mol. The molecule has 0 heterocycles. The molecule has 1 spiro atoms. The Balaban J connectivity index is 1.38. The van der Waals surface area contributed by atoms with Crippen molar-refractivity contribution < 1.29 is 9.53 Å². The Hall–Kier alpha value is -2.13. The summed E-state index contributed by atoms with van der Waals surface area (Å²) in [6.07, 6.45) is 6.89. The second-order valence-electron chi connectivity index (χ2n) is 8.96. The highest BCUT2D eigenvalue weighted by molar-refractivity contribution is 5.72. The fraction of sp³-hybridized carbons (Fsp3) is 0.500. The molecule has 154 valence electrons. The van der Waals surface area contributed by atoms with E-state index in [2.05, 4.69) is 65.6 Å². The van der Waals surface area contributed by atoms with Crippen LogP contribution in [-0.2, 0) is 22.6 Å². The van der Waals surface area contributed by atoms with Crippen molar-refractivity contribution in [2.45, 2.75) is 64.6 Å². The van der Waals surface area contributed by atoms with Gasteiger partial charge in [-0.1, -0.05) is 60.7 Å². The van der Waals surface area contributed by atoms with Gasteiger partial charge in [0.05, 0.1) is 12.5 Å². The maximum Gasteiger partial charge on any atom is 0.308 e. The van der Waals surface area contributed by atoms with Crippen LogP contribution in [0.4, 0.5) is 0 Å². The molecule has 2 fully saturated rings. The number of benzene rings is 2. The van der Waals surface area contributed by atoms with Crippen LogP contribution in [0.1, 0.15) is 56.6 Å². The third kappa shape index (κ3) is 4.90. The van der Waals surface area contributed by atoms with Gasteiger partial charge in [0, 0.05) is 19.1 Å². The van der Waals surface area contributed by atoms with E-state index in [1.165, 1.54) is 36.8 Å². The number of hydrogen-bond donors (Lipinski definition) is 0. The molecule has 2 aromatic rings. The zero-order valence-electron chi connectivity index (χ0n) is 17.6. The highest BCUT2D eigenvalue weighted by Gasteiger charge is 2.48. The predicted molar refractivity (Wildman–Crippen MR) is 116 cm³/mol. The largest absolute Gasteiger partial charge is 0.466 e. The Morgan fingerprint density at radius 1 is 0.931 bits per heavy atom. The number of nitrogens with zero attached hydrogens (tertiary/aromatic N) is 1. The van der Waals surface area contributed by atoms with Crippen molar-refractivity contribution in [3.63, 3.8) is 0 Å². The zero-order valence-corrected chi connectivity index (χ0v) is 17.6. The summed E-state index contributed by atoms with van der Waals surface area (Å²) in [5.74, 6) is 0.150. The molecule has 0 atom stereocenters. The lowest BCUT2D eigenvalue weighted by atomic mass is 9.56. The summed E-state index contributed by atoms with van der Waals surface area (Å²) in [7, 11) is 0. The minimum Gasteiger partial charge on any atom is -0.466 e. The van der Waals surface area contributed by atoms with E-state index >= 15 is 0 Å². The molecule has 2 aliphatic rings. The van der Waals surface area contributed by atoms with Gasteiger partial charge in [-0.25, -0.2) is 0 Å². The number of ether oxygens (including phenoxy) is 1. The molecule has 3 heteroatoms. The predicted octanol–water partition coefficient (Wildman–Crippen LogP) is 5.59. The molecule has 0 bridgehead atoms. The van der Waals surface area contributed by atoms with Gasteiger partial charge in [-0.2, -0.15) is 0 Å². The zero-order chi connectivity index (χ0) is 20.1. The second-order valence-corrected chi connectivity index (χ2v) is 8.96. The van der Waals surface area contributed by atoms with E-state index in [1.807, 2.05) is 6.92 Å². The summed E-state index contributed by atoms with van der Waals surface area (Å²) in [5.41, 5.74) is 3.23. The molecule has 3 nitrogen and oxygen atoms in total. The SMILES string of the molecule is CCOC(=O)C1CCC2(CC1)CC(N(Cc1ccccc1)Cc1ccccc1)C2. The Morgan fingerprint density at radius 3 is 1.93 bits per heavy atom. The van der Waals surface area contributed by atoms with Crippen LogP contribution in [0.25, 0.3) is 0 Å². The lowest BCUT2D eigenvalue weighted by Crippen LogP contribution is -2.52. The molecule has 2 saturated carbocycles. The summed E-state index contributed by atoms with van der Waals surface area (Å²) < 4.78 is 5.25. The van der Waals surface area contributed by atoms with Crippen LogP contribution in [0.15, 0.2) is 60.7 Å². The van der Waals surface area contributed by atoms with Crippen molar-refractivity contribution in [2.75, 3.05) is 6.61 Å². The summed E-state index contributed by atoms with van der Waals surface area (Å²) in [4.78, 5) is 14.7. The van der Waals surface area contributed by atoms with E-state index in [-0.39, 0.29) is 11.9 Å². The maximum absolute atomic E-state index is 12.1. The third-order valence-corrected chi connectivity index (χ3v) is 6.98. The van der Waals surface area contributed by atoms with E-state index in [9.17, 15) is 4.79 Å². The fourth-order valence-corrected chi connectivity index (χ4v) is 5.28. The Morgan fingerprint density at radius 2 is 1.45 bits per heavy atom. The van der Waals surface area contributed by atoms with Gasteiger partial charge in [-0.3, -0.25) is 9.69 Å². The smallest absolute Gasteiger partial charge is 0.308 e. The quantitative estimate of drug-likeness (QED) is 0.576. The molecule has 0 amide bonds. The van der Waals surface area contributed by atoms with Crippen molar-refractivity contribution in [3.8, 4) is 0 Å². The van der Waals surface area contributed by atoms with Crippen molar-refractivity contribution in [2.24, 2.45) is 11.3 Å². The fourth-order valence-electron chi connectivity index (χ4n) is 5.28. The van der Waals surface area contributed by atoms with Crippen LogP contribution in [0.3, 0.4) is 0 Å². The van der Waals surface area contributed by atoms with Crippen molar-refractivity contribution in [3.05, 3.63) is 71.8 Å². The van der Waals surface area contributed by atoms with Gasteiger partial charge < -0.3 is 4.74 Å². The van der Waals surface area contributed by atoms with Crippen molar-refractivity contribution in [1.82, 2.24) is 4.90 Å². The number of hydrogen-bond acceptors (Lipinski definition) is 3. The molecule has 0 N–H and O–H groups in total. The molecular weight excluding hydrogens is 358 g/mol. The average Bonchev–Trinajstić information content (AvgIpc) is 2.73. The average molecular weight is 392 g/mol. The molecule has 2 aliphatic carbocycles. The minimum atomic E-state index is 0.0213. The number of rotatable bonds is 7. The van der Waals surface area contributed by atoms with Crippen LogP contribution < -0.4 is 0 Å². The molecule has 2 aromatic carbocycles. The molecule has 0 aliphatic heterocycles. The summed E-state index contributed by atoms with van der Waals surface area (Å²) in [5, 5.41) is 0. The highest BCUT2D eigenvalue weighted by atomic mass is 16.5. The van der Waals surface area contributed by atoms with Gasteiger partial charge in [0.25, 0.3) is 0 Å². The van der Waals surface area contributed by atoms with Crippen LogP contribution in [0, 0.1) is 11.3 Å². The van der Waals surface area contributed by atoms with Crippen molar-refractivity contribution in [1.29, 1.82) is 0 Å². The van der Waals surface area contributed by atoms with Gasteiger partial charge in [-0.05, 0) is 62.0 Å². The molecule has 4 rings (SSSR count). The summed E-state index contributed by atoms with van der Waals surface area (Å²) in [6, 6.07) is 22.3. The summed E-state index contributed by atoms with van der Waals surface area (Å²) in [6.45, 7) is 4.40. The van der Waals surface area contributed by atoms with E-state index in [0.717, 1.165) is 25.9 Å². The van der Waals surface area contributed by atoms with Gasteiger partial charge in [-0.15, -0.1) is 0 Å². The van der Waals surface area contributed by atoms with Gasteiger partial charge in [0.15, 0.2) is 0 Å². The first kappa shape index (κ1) is 20.2. The number of carbonyl (C=O) groups excluding carboxylic acids is 1. The van der Waals surface area contributed by atoms with Crippen LogP contribution in [0.5, 0.6) is 0 Å².